The molecule has 0 saturated carbocycles. The summed E-state index contributed by atoms with van der Waals surface area (Å²) in [5.41, 5.74) is 0.585. The zero-order valence-electron chi connectivity index (χ0n) is 10.2. The maximum atomic E-state index is 11.2. The van der Waals surface area contributed by atoms with Crippen LogP contribution in [0, 0.1) is 11.3 Å². The molecule has 17 heavy (non-hydrogen) atoms. The Morgan fingerprint density at radius 1 is 1.59 bits per heavy atom. The van der Waals surface area contributed by atoms with Gasteiger partial charge in [0.25, 0.3) is 0 Å². The van der Waals surface area contributed by atoms with Crippen LogP contribution in [0.3, 0.4) is 0 Å². The summed E-state index contributed by atoms with van der Waals surface area (Å²) in [5, 5.41) is 11.5. The molecule has 0 saturated heterocycles. The third-order valence-corrected chi connectivity index (χ3v) is 1.79. The normalized spacial score (nSPS) is 12.0. The standard InChI is InChI=1S/C12H16N2O3/c1-5-7-11(16-4)10(8-13)9(3)14-12(15)17-6-2/h5,7H,1,6H2,2-4H3,(H,14,15)/b10-9+,11-7+. The topological polar surface area (TPSA) is 71.3 Å². The Labute approximate surface area is 101 Å². The summed E-state index contributed by atoms with van der Waals surface area (Å²) >= 11 is 0. The van der Waals surface area contributed by atoms with E-state index in [1.54, 1.807) is 13.8 Å². The minimum Gasteiger partial charge on any atom is -0.495 e. The van der Waals surface area contributed by atoms with E-state index < -0.39 is 6.09 Å². The third kappa shape index (κ3) is 4.89. The van der Waals surface area contributed by atoms with Gasteiger partial charge in [-0.1, -0.05) is 12.7 Å². The molecular formula is C12H16N2O3. The maximum absolute atomic E-state index is 11.2. The number of hydrogen-bond acceptors (Lipinski definition) is 4. The predicted molar refractivity (Wildman–Crippen MR) is 63.8 cm³/mol. The van der Waals surface area contributed by atoms with Crippen LogP contribution in [0.4, 0.5) is 4.79 Å². The van der Waals surface area contributed by atoms with Crippen molar-refractivity contribution in [1.29, 1.82) is 5.26 Å². The Morgan fingerprint density at radius 2 is 2.24 bits per heavy atom. The summed E-state index contributed by atoms with van der Waals surface area (Å²) in [6, 6.07) is 1.95. The van der Waals surface area contributed by atoms with Gasteiger partial charge in [0.1, 0.15) is 17.4 Å². The molecule has 0 rings (SSSR count). The monoisotopic (exact) mass is 236 g/mol. The highest BCUT2D eigenvalue weighted by atomic mass is 16.5. The molecule has 5 nitrogen and oxygen atoms in total. The summed E-state index contributed by atoms with van der Waals surface area (Å²) in [7, 11) is 1.43. The van der Waals surface area contributed by atoms with Crippen molar-refractivity contribution in [3.05, 3.63) is 35.8 Å². The van der Waals surface area contributed by atoms with E-state index in [9.17, 15) is 4.79 Å². The summed E-state index contributed by atoms with van der Waals surface area (Å²) in [6.07, 6.45) is 2.43. The van der Waals surface area contributed by atoms with E-state index in [4.69, 9.17) is 14.7 Å². The average Bonchev–Trinajstić information content (AvgIpc) is 2.28. The minimum atomic E-state index is -0.605. The average molecular weight is 236 g/mol. The van der Waals surface area contributed by atoms with Gasteiger partial charge in [-0.25, -0.2) is 4.79 Å². The number of allylic oxidation sites excluding steroid dienone is 4. The molecule has 5 heteroatoms. The molecule has 0 aromatic heterocycles. The molecule has 0 radical (unpaired) electrons. The number of ether oxygens (including phenoxy) is 2. The predicted octanol–water partition coefficient (Wildman–Crippen LogP) is 2.25. The molecule has 0 unspecified atom stereocenters. The van der Waals surface area contributed by atoms with Crippen molar-refractivity contribution in [2.75, 3.05) is 13.7 Å². The molecule has 92 valence electrons. The second-order valence-corrected chi connectivity index (χ2v) is 2.93. The van der Waals surface area contributed by atoms with Crippen molar-refractivity contribution in [1.82, 2.24) is 5.32 Å². The number of carbonyl (C=O) groups excluding carboxylic acids is 1. The Balaban J connectivity index is 5.06. The number of rotatable bonds is 5. The van der Waals surface area contributed by atoms with E-state index in [-0.39, 0.29) is 12.2 Å². The molecule has 0 aliphatic heterocycles. The summed E-state index contributed by atoms with van der Waals surface area (Å²) in [6.45, 7) is 7.06. The first-order valence-corrected chi connectivity index (χ1v) is 5.02. The van der Waals surface area contributed by atoms with Gasteiger partial charge in [0.2, 0.25) is 0 Å². The molecule has 1 N–H and O–H groups in total. The molecule has 0 aliphatic carbocycles. The van der Waals surface area contributed by atoms with Crippen molar-refractivity contribution in [2.45, 2.75) is 13.8 Å². The molecule has 0 aliphatic rings. The summed E-state index contributed by atoms with van der Waals surface area (Å²) in [4.78, 5) is 11.2. The highest BCUT2D eigenvalue weighted by Gasteiger charge is 2.11. The van der Waals surface area contributed by atoms with Gasteiger partial charge in [-0.3, -0.25) is 5.32 Å². The van der Waals surface area contributed by atoms with Gasteiger partial charge in [-0.2, -0.15) is 5.26 Å². The Morgan fingerprint density at radius 3 is 2.65 bits per heavy atom. The van der Waals surface area contributed by atoms with Gasteiger partial charge in [0.15, 0.2) is 0 Å². The van der Waals surface area contributed by atoms with Crippen LogP contribution >= 0.6 is 0 Å². The van der Waals surface area contributed by atoms with Gasteiger partial charge in [0, 0.05) is 5.70 Å². The number of nitrogens with zero attached hydrogens (tertiary/aromatic N) is 1. The van der Waals surface area contributed by atoms with Crippen molar-refractivity contribution in [3.8, 4) is 6.07 Å². The number of nitrogens with one attached hydrogen (secondary N) is 1. The molecule has 0 fully saturated rings. The Hall–Kier alpha value is -2.22. The number of hydrogen-bond donors (Lipinski definition) is 1. The molecule has 0 bridgehead atoms. The van der Waals surface area contributed by atoms with Crippen molar-refractivity contribution >= 4 is 6.09 Å². The number of carbonyl (C=O) groups is 1. The second-order valence-electron chi connectivity index (χ2n) is 2.93. The first kappa shape index (κ1) is 14.8. The number of methoxy groups -OCH3 is 1. The Kier molecular flexibility index (Phi) is 6.95. The van der Waals surface area contributed by atoms with E-state index in [1.807, 2.05) is 6.07 Å². The quantitative estimate of drug-likeness (QED) is 0.451. The first-order chi connectivity index (χ1) is 8.10. The molecule has 0 heterocycles. The fourth-order valence-corrected chi connectivity index (χ4v) is 1.07. The molecule has 0 aromatic rings. The zero-order valence-corrected chi connectivity index (χ0v) is 10.2. The van der Waals surface area contributed by atoms with Crippen LogP contribution in [-0.4, -0.2) is 19.8 Å². The molecule has 0 spiro atoms. The van der Waals surface area contributed by atoms with E-state index in [0.717, 1.165) is 0 Å². The minimum absolute atomic E-state index is 0.223. The van der Waals surface area contributed by atoms with Gasteiger partial charge in [-0.05, 0) is 19.9 Å². The van der Waals surface area contributed by atoms with Crippen molar-refractivity contribution in [3.63, 3.8) is 0 Å². The molecular weight excluding hydrogens is 220 g/mol. The van der Waals surface area contributed by atoms with Crippen LogP contribution < -0.4 is 5.32 Å². The van der Waals surface area contributed by atoms with Crippen LogP contribution in [0.25, 0.3) is 0 Å². The highest BCUT2D eigenvalue weighted by Crippen LogP contribution is 2.13. The Bertz CT molecular complexity index is 389. The van der Waals surface area contributed by atoms with Gasteiger partial charge >= 0.3 is 6.09 Å². The maximum Gasteiger partial charge on any atom is 0.411 e. The number of nitriles is 1. The fourth-order valence-electron chi connectivity index (χ4n) is 1.07. The van der Waals surface area contributed by atoms with Gasteiger partial charge < -0.3 is 9.47 Å². The number of amides is 1. The smallest absolute Gasteiger partial charge is 0.411 e. The SMILES string of the molecule is C=C/C=C(OC)\C(C#N)=C(/C)NC(=O)OCC. The third-order valence-electron chi connectivity index (χ3n) is 1.79. The van der Waals surface area contributed by atoms with E-state index in [2.05, 4.69) is 11.9 Å². The van der Waals surface area contributed by atoms with Crippen molar-refractivity contribution < 1.29 is 14.3 Å². The highest BCUT2D eigenvalue weighted by molar-refractivity contribution is 5.70. The lowest BCUT2D eigenvalue weighted by Gasteiger charge is -2.09. The summed E-state index contributed by atoms with van der Waals surface area (Å²) in [5.74, 6) is 0.330. The van der Waals surface area contributed by atoms with Crippen LogP contribution in [-0.2, 0) is 9.47 Å². The zero-order chi connectivity index (χ0) is 13.3. The first-order valence-electron chi connectivity index (χ1n) is 5.02. The molecule has 0 aromatic carbocycles. The van der Waals surface area contributed by atoms with E-state index in [1.165, 1.54) is 19.3 Å². The van der Waals surface area contributed by atoms with Crippen LogP contribution in [0.5, 0.6) is 0 Å². The van der Waals surface area contributed by atoms with E-state index >= 15 is 0 Å². The van der Waals surface area contributed by atoms with Crippen molar-refractivity contribution in [2.24, 2.45) is 0 Å². The molecule has 1 amide bonds. The molecule has 0 atom stereocenters. The number of alkyl carbamates (subject to hydrolysis) is 1. The van der Waals surface area contributed by atoms with Crippen LogP contribution in [0.1, 0.15) is 13.8 Å². The van der Waals surface area contributed by atoms with Crippen LogP contribution in [0.15, 0.2) is 35.8 Å². The lowest BCUT2D eigenvalue weighted by molar-refractivity contribution is 0.155. The largest absolute Gasteiger partial charge is 0.495 e. The fraction of sp³-hybridized carbons (Fsp3) is 0.333. The second kappa shape index (κ2) is 7.99. The summed E-state index contributed by atoms with van der Waals surface area (Å²) < 4.78 is 9.73. The lowest BCUT2D eigenvalue weighted by atomic mass is 10.2. The lowest BCUT2D eigenvalue weighted by Crippen LogP contribution is -2.23. The van der Waals surface area contributed by atoms with Crippen LogP contribution in [0.2, 0.25) is 0 Å². The van der Waals surface area contributed by atoms with Gasteiger partial charge in [0.05, 0.1) is 13.7 Å². The van der Waals surface area contributed by atoms with Gasteiger partial charge in [-0.15, -0.1) is 0 Å². The van der Waals surface area contributed by atoms with E-state index in [0.29, 0.717) is 11.5 Å².